The lowest BCUT2D eigenvalue weighted by Crippen LogP contribution is -2.39. The number of amides is 1. The molecule has 1 aromatic carbocycles. The van der Waals surface area contributed by atoms with Crippen molar-refractivity contribution in [3.8, 4) is 17.1 Å². The van der Waals surface area contributed by atoms with E-state index in [-0.39, 0.29) is 11.2 Å². The van der Waals surface area contributed by atoms with Crippen molar-refractivity contribution in [3.05, 3.63) is 54.4 Å². The number of rotatable bonds is 6. The van der Waals surface area contributed by atoms with Crippen molar-refractivity contribution in [2.75, 3.05) is 0 Å². The molecule has 1 unspecified atom stereocenters. The molecule has 1 aliphatic carbocycles. The lowest BCUT2D eigenvalue weighted by molar-refractivity contribution is -0.121. The molecule has 0 aliphatic heterocycles. The van der Waals surface area contributed by atoms with E-state index < -0.39 is 0 Å². The second kappa shape index (κ2) is 10.1. The fraction of sp³-hybridized carbons (Fsp3) is 0.417. The standard InChI is InChI=1S/C24H29N5OS/c1-17-10-7-8-14-21(17)29-22(19-11-9-15-25-16-19)27-28-24(29)31-18(2)23(30)26-20-12-5-3-4-6-13-20/h7-11,14-16,18,20H,3-6,12-13H2,1-2H3,(H,26,30). The maximum Gasteiger partial charge on any atom is 0.233 e. The third kappa shape index (κ3) is 5.15. The zero-order valence-corrected chi connectivity index (χ0v) is 18.9. The average Bonchev–Trinajstić information content (AvgIpc) is 3.01. The van der Waals surface area contributed by atoms with Gasteiger partial charge in [0.2, 0.25) is 5.91 Å². The number of para-hydroxylation sites is 1. The highest BCUT2D eigenvalue weighted by atomic mass is 32.2. The molecule has 1 aliphatic rings. The quantitative estimate of drug-likeness (QED) is 0.438. The summed E-state index contributed by atoms with van der Waals surface area (Å²) in [5.74, 6) is 0.792. The van der Waals surface area contributed by atoms with E-state index in [0.717, 1.165) is 35.5 Å². The molecule has 7 heteroatoms. The van der Waals surface area contributed by atoms with Crippen LogP contribution < -0.4 is 5.32 Å². The summed E-state index contributed by atoms with van der Waals surface area (Å²) in [7, 11) is 0. The third-order valence-electron chi connectivity index (χ3n) is 5.76. The molecule has 1 N–H and O–H groups in total. The number of aromatic nitrogens is 4. The first kappa shape index (κ1) is 21.6. The second-order valence-corrected chi connectivity index (χ2v) is 9.43. The SMILES string of the molecule is Cc1ccccc1-n1c(SC(C)C(=O)NC2CCCCCC2)nnc1-c1cccnc1. The highest BCUT2D eigenvalue weighted by Crippen LogP contribution is 2.31. The summed E-state index contributed by atoms with van der Waals surface area (Å²) < 4.78 is 2.03. The topological polar surface area (TPSA) is 72.7 Å². The summed E-state index contributed by atoms with van der Waals surface area (Å²) >= 11 is 1.45. The van der Waals surface area contributed by atoms with Crippen LogP contribution in [0.5, 0.6) is 0 Å². The summed E-state index contributed by atoms with van der Waals surface area (Å²) in [5, 5.41) is 12.6. The summed E-state index contributed by atoms with van der Waals surface area (Å²) in [4.78, 5) is 17.2. The van der Waals surface area contributed by atoms with Gasteiger partial charge in [0.25, 0.3) is 0 Å². The first-order valence-electron chi connectivity index (χ1n) is 11.0. The Morgan fingerprint density at radius 1 is 1.10 bits per heavy atom. The Morgan fingerprint density at radius 3 is 2.58 bits per heavy atom. The Labute approximate surface area is 187 Å². The van der Waals surface area contributed by atoms with Crippen molar-refractivity contribution < 1.29 is 4.79 Å². The Hall–Kier alpha value is -2.67. The number of aryl methyl sites for hydroxylation is 1. The van der Waals surface area contributed by atoms with E-state index in [1.807, 2.05) is 35.8 Å². The summed E-state index contributed by atoms with van der Waals surface area (Å²) in [6.07, 6.45) is 10.6. The second-order valence-electron chi connectivity index (χ2n) is 8.13. The van der Waals surface area contributed by atoms with Crippen LogP contribution in [0.3, 0.4) is 0 Å². The molecule has 2 aromatic heterocycles. The van der Waals surface area contributed by atoms with Crippen LogP contribution in [0, 0.1) is 6.92 Å². The number of benzene rings is 1. The van der Waals surface area contributed by atoms with E-state index in [2.05, 4.69) is 39.6 Å². The van der Waals surface area contributed by atoms with Crippen LogP contribution in [0.1, 0.15) is 51.0 Å². The number of carbonyl (C=O) groups excluding carboxylic acids is 1. The predicted octanol–water partition coefficient (Wildman–Crippen LogP) is 4.96. The van der Waals surface area contributed by atoms with Crippen LogP contribution >= 0.6 is 11.8 Å². The predicted molar refractivity (Wildman–Crippen MR) is 124 cm³/mol. The first-order valence-corrected chi connectivity index (χ1v) is 11.9. The molecule has 162 valence electrons. The highest BCUT2D eigenvalue weighted by Gasteiger charge is 2.24. The van der Waals surface area contributed by atoms with Gasteiger partial charge in [0.1, 0.15) is 0 Å². The smallest absolute Gasteiger partial charge is 0.233 e. The molecule has 6 nitrogen and oxygen atoms in total. The molecule has 0 bridgehead atoms. The molecule has 1 saturated carbocycles. The number of hydrogen-bond donors (Lipinski definition) is 1. The van der Waals surface area contributed by atoms with Gasteiger partial charge in [0, 0.05) is 24.0 Å². The van der Waals surface area contributed by atoms with Gasteiger partial charge >= 0.3 is 0 Å². The summed E-state index contributed by atoms with van der Waals surface area (Å²) in [6, 6.07) is 12.3. The number of nitrogens with one attached hydrogen (secondary N) is 1. The minimum Gasteiger partial charge on any atom is -0.352 e. The molecule has 0 saturated heterocycles. The van der Waals surface area contributed by atoms with E-state index >= 15 is 0 Å². The van der Waals surface area contributed by atoms with Crippen LogP contribution in [-0.4, -0.2) is 36.9 Å². The van der Waals surface area contributed by atoms with Crippen molar-refractivity contribution >= 4 is 17.7 Å². The van der Waals surface area contributed by atoms with Crippen LogP contribution in [0.25, 0.3) is 17.1 Å². The minimum absolute atomic E-state index is 0.0687. The lowest BCUT2D eigenvalue weighted by atomic mass is 10.1. The normalized spacial score (nSPS) is 15.9. The van der Waals surface area contributed by atoms with E-state index in [9.17, 15) is 4.79 Å². The molecule has 1 fully saturated rings. The largest absolute Gasteiger partial charge is 0.352 e. The van der Waals surface area contributed by atoms with E-state index in [4.69, 9.17) is 0 Å². The maximum absolute atomic E-state index is 12.9. The number of carbonyl (C=O) groups is 1. The van der Waals surface area contributed by atoms with Gasteiger partial charge in [-0.1, -0.05) is 55.6 Å². The van der Waals surface area contributed by atoms with Crippen LogP contribution in [0.2, 0.25) is 0 Å². The van der Waals surface area contributed by atoms with E-state index in [1.54, 1.807) is 12.4 Å². The Kier molecular flexibility index (Phi) is 7.02. The zero-order valence-electron chi connectivity index (χ0n) is 18.1. The molecule has 31 heavy (non-hydrogen) atoms. The lowest BCUT2D eigenvalue weighted by Gasteiger charge is -2.19. The van der Waals surface area contributed by atoms with E-state index in [1.165, 1.54) is 37.4 Å². The monoisotopic (exact) mass is 435 g/mol. The number of nitrogens with zero attached hydrogens (tertiary/aromatic N) is 4. The van der Waals surface area contributed by atoms with Crippen LogP contribution in [-0.2, 0) is 4.79 Å². The molecular formula is C24H29N5OS. The number of hydrogen-bond acceptors (Lipinski definition) is 5. The fourth-order valence-electron chi connectivity index (χ4n) is 4.01. The molecule has 0 radical (unpaired) electrons. The van der Waals surface area contributed by atoms with Gasteiger partial charge in [-0.2, -0.15) is 0 Å². The van der Waals surface area contributed by atoms with Gasteiger partial charge in [-0.15, -0.1) is 10.2 Å². The van der Waals surface area contributed by atoms with Gasteiger partial charge in [-0.3, -0.25) is 14.3 Å². The fourth-order valence-corrected chi connectivity index (χ4v) is 4.88. The molecular weight excluding hydrogens is 406 g/mol. The van der Waals surface area contributed by atoms with Gasteiger partial charge in [-0.25, -0.2) is 0 Å². The van der Waals surface area contributed by atoms with Crippen molar-refractivity contribution in [1.29, 1.82) is 0 Å². The van der Waals surface area contributed by atoms with Gasteiger partial charge in [-0.05, 0) is 50.5 Å². The van der Waals surface area contributed by atoms with Crippen molar-refractivity contribution in [3.63, 3.8) is 0 Å². The molecule has 1 amide bonds. The first-order chi connectivity index (χ1) is 15.1. The van der Waals surface area contributed by atoms with E-state index in [0.29, 0.717) is 11.2 Å². The Bertz CT molecular complexity index is 1010. The molecule has 4 rings (SSSR count). The van der Waals surface area contributed by atoms with Crippen LogP contribution in [0.4, 0.5) is 0 Å². The summed E-state index contributed by atoms with van der Waals surface area (Å²) in [6.45, 7) is 4.01. The van der Waals surface area contributed by atoms with Gasteiger partial charge in [0.15, 0.2) is 11.0 Å². The third-order valence-corrected chi connectivity index (χ3v) is 6.81. The Balaban J connectivity index is 1.60. The van der Waals surface area contributed by atoms with Gasteiger partial charge in [0.05, 0.1) is 10.9 Å². The highest BCUT2D eigenvalue weighted by molar-refractivity contribution is 8.00. The van der Waals surface area contributed by atoms with Crippen molar-refractivity contribution in [2.45, 2.75) is 68.8 Å². The maximum atomic E-state index is 12.9. The van der Waals surface area contributed by atoms with Gasteiger partial charge < -0.3 is 5.32 Å². The Morgan fingerprint density at radius 2 is 1.87 bits per heavy atom. The van der Waals surface area contributed by atoms with Crippen molar-refractivity contribution in [1.82, 2.24) is 25.1 Å². The van der Waals surface area contributed by atoms with Crippen LogP contribution in [0.15, 0.2) is 53.9 Å². The number of pyridine rings is 1. The molecule has 1 atom stereocenters. The minimum atomic E-state index is -0.267. The molecule has 2 heterocycles. The number of thioether (sulfide) groups is 1. The average molecular weight is 436 g/mol. The zero-order chi connectivity index (χ0) is 21.6. The molecule has 3 aromatic rings. The molecule has 0 spiro atoms. The summed E-state index contributed by atoms with van der Waals surface area (Å²) in [5.41, 5.74) is 3.01. The van der Waals surface area contributed by atoms with Crippen molar-refractivity contribution in [2.24, 2.45) is 0 Å².